The predicted octanol–water partition coefficient (Wildman–Crippen LogP) is 1.62. The highest BCUT2D eigenvalue weighted by Crippen LogP contribution is 2.31. The number of benzene rings is 1. The molecule has 1 aliphatic heterocycles. The topological polar surface area (TPSA) is 68.8 Å². The Kier molecular flexibility index (Phi) is 5.83. The van der Waals surface area contributed by atoms with E-state index in [1.165, 1.54) is 5.56 Å². The molecular weight excluding hydrogens is 302 g/mol. The number of nitrogens with zero attached hydrogens (tertiary/aromatic N) is 2. The van der Waals surface area contributed by atoms with E-state index in [1.54, 1.807) is 7.05 Å². The number of amides is 1. The Morgan fingerprint density at radius 3 is 2.71 bits per heavy atom. The summed E-state index contributed by atoms with van der Waals surface area (Å²) in [6.45, 7) is 5.80. The minimum atomic E-state index is 0.0228. The van der Waals surface area contributed by atoms with Crippen LogP contribution in [0.25, 0.3) is 0 Å². The van der Waals surface area contributed by atoms with E-state index in [0.717, 1.165) is 18.2 Å². The highest BCUT2D eigenvalue weighted by Gasteiger charge is 2.25. The third kappa shape index (κ3) is 4.47. The van der Waals surface area contributed by atoms with E-state index < -0.39 is 0 Å². The van der Waals surface area contributed by atoms with Crippen LogP contribution in [0, 0.1) is 0 Å². The van der Waals surface area contributed by atoms with E-state index in [4.69, 9.17) is 0 Å². The second-order valence-corrected chi connectivity index (χ2v) is 7.05. The summed E-state index contributed by atoms with van der Waals surface area (Å²) in [6, 6.07) is 7.98. The fourth-order valence-electron chi connectivity index (χ4n) is 2.58. The molecule has 1 atom stereocenters. The highest BCUT2D eigenvalue weighted by atomic mass is 16.1. The molecule has 1 aromatic carbocycles. The standard InChI is InChI=1S/C18H29N5O/c1-18(2,23(4)5)12-21-17(19-3)20-11-13-10-16(24)22-15-9-7-6-8-14(13)15/h6-9,13H,10-12H2,1-5H3,(H,22,24)(H2,19,20,21). The minimum absolute atomic E-state index is 0.0228. The van der Waals surface area contributed by atoms with Gasteiger partial charge in [0.2, 0.25) is 5.91 Å². The number of aliphatic imine (C=N–C) groups is 1. The monoisotopic (exact) mass is 331 g/mol. The maximum Gasteiger partial charge on any atom is 0.225 e. The quantitative estimate of drug-likeness (QED) is 0.566. The molecule has 132 valence electrons. The molecular formula is C18H29N5O. The van der Waals surface area contributed by atoms with Gasteiger partial charge in [-0.2, -0.15) is 0 Å². The zero-order valence-corrected chi connectivity index (χ0v) is 15.3. The van der Waals surface area contributed by atoms with Gasteiger partial charge in [0, 0.05) is 43.7 Å². The van der Waals surface area contributed by atoms with E-state index in [9.17, 15) is 4.79 Å². The average molecular weight is 331 g/mol. The maximum absolute atomic E-state index is 11.9. The van der Waals surface area contributed by atoms with Crippen LogP contribution < -0.4 is 16.0 Å². The lowest BCUT2D eigenvalue weighted by Gasteiger charge is -2.33. The molecule has 0 aliphatic carbocycles. The molecule has 2 rings (SSSR count). The number of hydrogen-bond acceptors (Lipinski definition) is 3. The number of carbonyl (C=O) groups is 1. The van der Waals surface area contributed by atoms with Gasteiger partial charge >= 0.3 is 0 Å². The van der Waals surface area contributed by atoms with Gasteiger partial charge in [-0.15, -0.1) is 0 Å². The summed E-state index contributed by atoms with van der Waals surface area (Å²) < 4.78 is 0. The molecule has 1 amide bonds. The van der Waals surface area contributed by atoms with Gasteiger partial charge in [-0.1, -0.05) is 18.2 Å². The minimum Gasteiger partial charge on any atom is -0.356 e. The first-order chi connectivity index (χ1) is 11.3. The van der Waals surface area contributed by atoms with E-state index in [2.05, 4.69) is 59.9 Å². The Morgan fingerprint density at radius 1 is 1.33 bits per heavy atom. The summed E-state index contributed by atoms with van der Waals surface area (Å²) in [5.41, 5.74) is 2.11. The fraction of sp³-hybridized carbons (Fsp3) is 0.556. The fourth-order valence-corrected chi connectivity index (χ4v) is 2.58. The number of hydrogen-bond donors (Lipinski definition) is 3. The molecule has 0 bridgehead atoms. The number of carbonyl (C=O) groups excluding carboxylic acids is 1. The van der Waals surface area contributed by atoms with Crippen molar-refractivity contribution in [2.75, 3.05) is 39.5 Å². The van der Waals surface area contributed by atoms with Crippen LogP contribution in [0.1, 0.15) is 31.7 Å². The molecule has 1 aliphatic rings. The number of anilines is 1. The Morgan fingerprint density at radius 2 is 2.04 bits per heavy atom. The van der Waals surface area contributed by atoms with Crippen molar-refractivity contribution in [2.24, 2.45) is 4.99 Å². The van der Waals surface area contributed by atoms with Crippen LogP contribution in [0.4, 0.5) is 5.69 Å². The summed E-state index contributed by atoms with van der Waals surface area (Å²) in [6.07, 6.45) is 0.490. The Hall–Kier alpha value is -2.08. The number of fused-ring (bicyclic) bond motifs is 1. The number of rotatable bonds is 5. The van der Waals surface area contributed by atoms with E-state index in [-0.39, 0.29) is 17.4 Å². The first-order valence-corrected chi connectivity index (χ1v) is 8.34. The zero-order chi connectivity index (χ0) is 17.7. The van der Waals surface area contributed by atoms with Crippen molar-refractivity contribution in [2.45, 2.75) is 31.7 Å². The molecule has 0 spiro atoms. The van der Waals surface area contributed by atoms with Crippen molar-refractivity contribution >= 4 is 17.6 Å². The van der Waals surface area contributed by atoms with Gasteiger partial charge in [-0.25, -0.2) is 0 Å². The largest absolute Gasteiger partial charge is 0.356 e. The average Bonchev–Trinajstić information content (AvgIpc) is 2.54. The molecule has 6 heteroatoms. The van der Waals surface area contributed by atoms with Gasteiger partial charge in [-0.3, -0.25) is 9.79 Å². The van der Waals surface area contributed by atoms with Crippen LogP contribution in [-0.2, 0) is 4.79 Å². The van der Waals surface area contributed by atoms with Crippen LogP contribution in [0.15, 0.2) is 29.3 Å². The van der Waals surface area contributed by atoms with Crippen molar-refractivity contribution < 1.29 is 4.79 Å². The lowest BCUT2D eigenvalue weighted by Crippen LogP contribution is -2.51. The lowest BCUT2D eigenvalue weighted by molar-refractivity contribution is -0.116. The normalized spacial score (nSPS) is 18.2. The van der Waals surface area contributed by atoms with E-state index in [0.29, 0.717) is 13.0 Å². The van der Waals surface area contributed by atoms with Gasteiger partial charge < -0.3 is 20.9 Å². The first-order valence-electron chi connectivity index (χ1n) is 8.34. The van der Waals surface area contributed by atoms with Crippen molar-refractivity contribution in [3.8, 4) is 0 Å². The first kappa shape index (κ1) is 18.3. The van der Waals surface area contributed by atoms with Crippen LogP contribution in [0.5, 0.6) is 0 Å². The van der Waals surface area contributed by atoms with E-state index in [1.807, 2.05) is 18.2 Å². The number of para-hydroxylation sites is 1. The van der Waals surface area contributed by atoms with Gasteiger partial charge in [-0.05, 0) is 39.6 Å². The van der Waals surface area contributed by atoms with Crippen LogP contribution in [0.3, 0.4) is 0 Å². The molecule has 0 radical (unpaired) electrons. The third-order valence-corrected chi connectivity index (χ3v) is 4.75. The third-order valence-electron chi connectivity index (χ3n) is 4.75. The van der Waals surface area contributed by atoms with Crippen molar-refractivity contribution in [3.05, 3.63) is 29.8 Å². The molecule has 1 heterocycles. The SMILES string of the molecule is CN=C(NCC1CC(=O)Nc2ccccc21)NCC(C)(C)N(C)C. The second kappa shape index (κ2) is 7.66. The molecule has 0 aromatic heterocycles. The van der Waals surface area contributed by atoms with Gasteiger partial charge in [0.25, 0.3) is 0 Å². The molecule has 0 saturated carbocycles. The zero-order valence-electron chi connectivity index (χ0n) is 15.3. The van der Waals surface area contributed by atoms with Crippen molar-refractivity contribution in [1.29, 1.82) is 0 Å². The van der Waals surface area contributed by atoms with Crippen LogP contribution in [0.2, 0.25) is 0 Å². The summed E-state index contributed by atoms with van der Waals surface area (Å²) in [4.78, 5) is 18.4. The van der Waals surface area contributed by atoms with E-state index >= 15 is 0 Å². The summed E-state index contributed by atoms with van der Waals surface area (Å²) in [5.74, 6) is 0.973. The number of nitrogens with one attached hydrogen (secondary N) is 3. The summed E-state index contributed by atoms with van der Waals surface area (Å²) in [5, 5.41) is 9.65. The van der Waals surface area contributed by atoms with Crippen molar-refractivity contribution in [3.63, 3.8) is 0 Å². The number of likely N-dealkylation sites (N-methyl/N-ethyl adjacent to an activating group) is 1. The lowest BCUT2D eigenvalue weighted by atomic mass is 9.90. The molecule has 0 saturated heterocycles. The predicted molar refractivity (Wildman–Crippen MR) is 99.6 cm³/mol. The Labute approximate surface area is 144 Å². The molecule has 0 fully saturated rings. The Balaban J connectivity index is 1.96. The van der Waals surface area contributed by atoms with Gasteiger partial charge in [0.1, 0.15) is 0 Å². The molecule has 1 aromatic rings. The molecule has 1 unspecified atom stereocenters. The van der Waals surface area contributed by atoms with Gasteiger partial charge in [0.05, 0.1) is 0 Å². The van der Waals surface area contributed by atoms with Crippen LogP contribution >= 0.6 is 0 Å². The summed E-state index contributed by atoms with van der Waals surface area (Å²) >= 11 is 0. The highest BCUT2D eigenvalue weighted by molar-refractivity contribution is 5.94. The van der Waals surface area contributed by atoms with Crippen molar-refractivity contribution in [1.82, 2.24) is 15.5 Å². The molecule has 6 nitrogen and oxygen atoms in total. The smallest absolute Gasteiger partial charge is 0.225 e. The van der Waals surface area contributed by atoms with Gasteiger partial charge in [0.15, 0.2) is 5.96 Å². The Bertz CT molecular complexity index is 609. The second-order valence-electron chi connectivity index (χ2n) is 7.05. The van der Waals surface area contributed by atoms with Crippen LogP contribution in [-0.4, -0.2) is 56.5 Å². The number of guanidine groups is 1. The molecule has 3 N–H and O–H groups in total. The summed E-state index contributed by atoms with van der Waals surface area (Å²) in [7, 11) is 5.89. The molecule has 24 heavy (non-hydrogen) atoms. The maximum atomic E-state index is 11.9.